The maximum Gasteiger partial charge on any atom is 0.337 e. The summed E-state index contributed by atoms with van der Waals surface area (Å²) in [6.45, 7) is 8.70. The molecule has 6 heteroatoms. The van der Waals surface area contributed by atoms with Gasteiger partial charge in [-0.25, -0.2) is 4.79 Å². The number of amides is 1. The van der Waals surface area contributed by atoms with E-state index in [0.29, 0.717) is 17.2 Å². The number of piperazine rings is 1. The average molecular weight is 498 g/mol. The minimum Gasteiger partial charge on any atom is -0.465 e. The average Bonchev–Trinajstić information content (AvgIpc) is 2.93. The van der Waals surface area contributed by atoms with Crippen molar-refractivity contribution in [1.29, 1.82) is 0 Å². The molecule has 0 saturated carbocycles. The Morgan fingerprint density at radius 1 is 0.946 bits per heavy atom. The Balaban J connectivity index is 1.46. The number of nitrogens with one attached hydrogen (secondary N) is 1. The first-order chi connectivity index (χ1) is 17.9. The Bertz CT molecular complexity index is 1230. The van der Waals surface area contributed by atoms with Crippen LogP contribution in [-0.4, -0.2) is 50.1 Å². The van der Waals surface area contributed by atoms with Crippen LogP contribution in [0.1, 0.15) is 46.8 Å². The van der Waals surface area contributed by atoms with Gasteiger partial charge in [0.15, 0.2) is 0 Å². The van der Waals surface area contributed by atoms with E-state index in [1.165, 1.54) is 24.3 Å². The number of benzene rings is 3. The lowest BCUT2D eigenvalue weighted by Crippen LogP contribution is -2.46. The van der Waals surface area contributed by atoms with Crippen LogP contribution < -0.4 is 10.2 Å². The zero-order valence-corrected chi connectivity index (χ0v) is 21.8. The van der Waals surface area contributed by atoms with Gasteiger partial charge in [-0.05, 0) is 46.9 Å². The fourth-order valence-corrected chi connectivity index (χ4v) is 4.48. The van der Waals surface area contributed by atoms with Gasteiger partial charge in [-0.3, -0.25) is 9.69 Å². The predicted molar refractivity (Wildman–Crippen MR) is 150 cm³/mol. The number of carbonyl (C=O) groups is 2. The molecule has 37 heavy (non-hydrogen) atoms. The number of methoxy groups -OCH3 is 1. The second-order valence-corrected chi connectivity index (χ2v) is 9.62. The van der Waals surface area contributed by atoms with E-state index in [1.54, 1.807) is 18.2 Å². The zero-order valence-electron chi connectivity index (χ0n) is 21.8. The Morgan fingerprint density at radius 3 is 2.30 bits per heavy atom. The predicted octanol–water partition coefficient (Wildman–Crippen LogP) is 5.57. The first kappa shape index (κ1) is 26.2. The molecule has 1 aliphatic rings. The Morgan fingerprint density at radius 2 is 1.65 bits per heavy atom. The standard InChI is InChI=1S/C31H35N3O3/c1-23(2)26-12-9-24(10-13-26)11-16-30(35)32-28-21-27(31(36)37-3)14-15-29(28)34-19-17-33(18-20-34)22-25-7-5-4-6-8-25/h4-16,21,23H,17-20,22H2,1-3H3,(H,32,35)/b16-11+. The van der Waals surface area contributed by atoms with E-state index >= 15 is 0 Å². The highest BCUT2D eigenvalue weighted by Crippen LogP contribution is 2.29. The Labute approximate surface area is 219 Å². The summed E-state index contributed by atoms with van der Waals surface area (Å²) in [7, 11) is 1.35. The number of ether oxygens (including phenoxy) is 1. The van der Waals surface area contributed by atoms with Crippen LogP contribution in [0.5, 0.6) is 0 Å². The molecule has 1 heterocycles. The molecule has 0 aromatic heterocycles. The third kappa shape index (κ3) is 7.08. The molecule has 3 aromatic carbocycles. The van der Waals surface area contributed by atoms with Crippen molar-refractivity contribution in [2.24, 2.45) is 0 Å². The second kappa shape index (κ2) is 12.4. The van der Waals surface area contributed by atoms with Gasteiger partial charge in [0.2, 0.25) is 5.91 Å². The molecule has 0 spiro atoms. The molecule has 0 bridgehead atoms. The number of carbonyl (C=O) groups excluding carboxylic acids is 2. The van der Waals surface area contributed by atoms with Crippen molar-refractivity contribution in [3.05, 3.63) is 101 Å². The van der Waals surface area contributed by atoms with Crippen LogP contribution in [0.3, 0.4) is 0 Å². The summed E-state index contributed by atoms with van der Waals surface area (Å²) in [5, 5.41) is 2.99. The minimum absolute atomic E-state index is 0.251. The zero-order chi connectivity index (χ0) is 26.2. The van der Waals surface area contributed by atoms with E-state index in [-0.39, 0.29) is 5.91 Å². The number of rotatable bonds is 8. The molecule has 3 aromatic rings. The minimum atomic E-state index is -0.435. The van der Waals surface area contributed by atoms with Crippen LogP contribution in [0.15, 0.2) is 78.9 Å². The first-order valence-electron chi connectivity index (χ1n) is 12.8. The molecule has 0 unspecified atom stereocenters. The summed E-state index contributed by atoms with van der Waals surface area (Å²) in [5.74, 6) is -0.225. The molecule has 6 nitrogen and oxygen atoms in total. The highest BCUT2D eigenvalue weighted by Gasteiger charge is 2.21. The monoisotopic (exact) mass is 497 g/mol. The smallest absolute Gasteiger partial charge is 0.337 e. The summed E-state index contributed by atoms with van der Waals surface area (Å²) in [6, 6.07) is 24.0. The largest absolute Gasteiger partial charge is 0.465 e. The third-order valence-corrected chi connectivity index (χ3v) is 6.67. The van der Waals surface area contributed by atoms with Crippen LogP contribution in [0.25, 0.3) is 6.08 Å². The van der Waals surface area contributed by atoms with Gasteiger partial charge in [-0.15, -0.1) is 0 Å². The second-order valence-electron chi connectivity index (χ2n) is 9.62. The van der Waals surface area contributed by atoms with Crippen LogP contribution in [0.4, 0.5) is 11.4 Å². The Hall–Kier alpha value is -3.90. The molecular formula is C31H35N3O3. The lowest BCUT2D eigenvalue weighted by atomic mass is 10.0. The van der Waals surface area contributed by atoms with E-state index in [4.69, 9.17) is 4.74 Å². The SMILES string of the molecule is COC(=O)c1ccc(N2CCN(Cc3ccccc3)CC2)c(NC(=O)/C=C/c2ccc(C(C)C)cc2)c1. The van der Waals surface area contributed by atoms with Crippen molar-refractivity contribution in [2.45, 2.75) is 26.3 Å². The number of anilines is 2. The quantitative estimate of drug-likeness (QED) is 0.326. The van der Waals surface area contributed by atoms with Crippen LogP contribution >= 0.6 is 0 Å². The van der Waals surface area contributed by atoms with Gasteiger partial charge in [0.25, 0.3) is 0 Å². The third-order valence-electron chi connectivity index (χ3n) is 6.67. The van der Waals surface area contributed by atoms with Crippen molar-refractivity contribution in [3.8, 4) is 0 Å². The maximum atomic E-state index is 12.9. The van der Waals surface area contributed by atoms with Gasteiger partial charge in [-0.1, -0.05) is 68.4 Å². The molecule has 4 rings (SSSR count). The summed E-state index contributed by atoms with van der Waals surface area (Å²) >= 11 is 0. The van der Waals surface area contributed by atoms with E-state index in [1.807, 2.05) is 24.3 Å². The van der Waals surface area contributed by atoms with E-state index in [9.17, 15) is 9.59 Å². The van der Waals surface area contributed by atoms with Crippen molar-refractivity contribution >= 4 is 29.3 Å². The summed E-state index contributed by atoms with van der Waals surface area (Å²) < 4.78 is 4.90. The molecule has 0 aliphatic carbocycles. The van der Waals surface area contributed by atoms with Gasteiger partial charge in [0, 0.05) is 38.8 Å². The number of hydrogen-bond acceptors (Lipinski definition) is 5. The van der Waals surface area contributed by atoms with Crippen molar-refractivity contribution in [1.82, 2.24) is 4.90 Å². The van der Waals surface area contributed by atoms with Crippen molar-refractivity contribution in [3.63, 3.8) is 0 Å². The summed E-state index contributed by atoms with van der Waals surface area (Å²) in [6.07, 6.45) is 3.32. The van der Waals surface area contributed by atoms with Crippen LogP contribution in [0.2, 0.25) is 0 Å². The summed E-state index contributed by atoms with van der Waals surface area (Å²) in [5.41, 5.74) is 5.42. The topological polar surface area (TPSA) is 61.9 Å². The highest BCUT2D eigenvalue weighted by atomic mass is 16.5. The first-order valence-corrected chi connectivity index (χ1v) is 12.8. The molecule has 1 saturated heterocycles. The fraction of sp³-hybridized carbons (Fsp3) is 0.290. The van der Waals surface area contributed by atoms with Gasteiger partial charge in [0.05, 0.1) is 24.0 Å². The van der Waals surface area contributed by atoms with Gasteiger partial charge in [0.1, 0.15) is 0 Å². The van der Waals surface area contributed by atoms with Crippen LogP contribution in [-0.2, 0) is 16.1 Å². The van der Waals surface area contributed by atoms with E-state index < -0.39 is 5.97 Å². The number of nitrogens with zero attached hydrogens (tertiary/aromatic N) is 2. The number of esters is 1. The molecule has 1 aliphatic heterocycles. The molecule has 0 atom stereocenters. The lowest BCUT2D eigenvalue weighted by molar-refractivity contribution is -0.111. The van der Waals surface area contributed by atoms with Gasteiger partial charge >= 0.3 is 5.97 Å². The van der Waals surface area contributed by atoms with Gasteiger partial charge in [-0.2, -0.15) is 0 Å². The molecular weight excluding hydrogens is 462 g/mol. The molecule has 0 radical (unpaired) electrons. The summed E-state index contributed by atoms with van der Waals surface area (Å²) in [4.78, 5) is 29.7. The molecule has 1 N–H and O–H groups in total. The van der Waals surface area contributed by atoms with Crippen molar-refractivity contribution in [2.75, 3.05) is 43.5 Å². The maximum absolute atomic E-state index is 12.9. The molecule has 192 valence electrons. The van der Waals surface area contributed by atoms with E-state index in [2.05, 4.69) is 65.4 Å². The molecule has 1 amide bonds. The molecule has 1 fully saturated rings. The highest BCUT2D eigenvalue weighted by molar-refractivity contribution is 6.05. The lowest BCUT2D eigenvalue weighted by Gasteiger charge is -2.37. The Kier molecular flexibility index (Phi) is 8.75. The van der Waals surface area contributed by atoms with Crippen molar-refractivity contribution < 1.29 is 14.3 Å². The van der Waals surface area contributed by atoms with Crippen LogP contribution in [0, 0.1) is 0 Å². The number of hydrogen-bond donors (Lipinski definition) is 1. The van der Waals surface area contributed by atoms with E-state index in [0.717, 1.165) is 44.0 Å². The van der Waals surface area contributed by atoms with Gasteiger partial charge < -0.3 is 15.0 Å². The normalized spacial score (nSPS) is 14.2. The fourth-order valence-electron chi connectivity index (χ4n) is 4.48.